The van der Waals surface area contributed by atoms with E-state index < -0.39 is 27.8 Å². The van der Waals surface area contributed by atoms with Gasteiger partial charge in [-0.05, 0) is 62.1 Å². The third kappa shape index (κ3) is 7.01. The first-order valence-electron chi connectivity index (χ1n) is 11.2. The summed E-state index contributed by atoms with van der Waals surface area (Å²) in [6.45, 7) is 2.82. The Morgan fingerprint density at radius 2 is 1.46 bits per heavy atom. The zero-order valence-corrected chi connectivity index (χ0v) is 22.4. The molecule has 0 radical (unpaired) electrons. The Hall–Kier alpha value is -2.05. The first-order valence-corrected chi connectivity index (χ1v) is 12.6. The minimum Gasteiger partial charge on any atom is -0.528 e. The molecule has 1 aromatic carbocycles. The topological polar surface area (TPSA) is 89.1 Å². The Bertz CT molecular complexity index is 1220. The van der Waals surface area contributed by atoms with Crippen molar-refractivity contribution in [2.75, 3.05) is 31.1 Å². The molecule has 0 aliphatic carbocycles. The van der Waals surface area contributed by atoms with E-state index in [1.54, 1.807) is 10.7 Å². The van der Waals surface area contributed by atoms with Crippen LogP contribution >= 0.6 is 0 Å². The summed E-state index contributed by atoms with van der Waals surface area (Å²) in [5, 5.41) is 4.16. The largest absolute Gasteiger partial charge is 1.00 e. The number of hydrogen-bond acceptors (Lipinski definition) is 5. The van der Waals surface area contributed by atoms with Gasteiger partial charge in [-0.2, -0.15) is 5.10 Å². The molecular weight excluding hydrogens is 487 g/mol. The third-order valence-corrected chi connectivity index (χ3v) is 7.26. The molecular formula is C23H26F2N5NaO3S. The molecule has 5 rings (SSSR count). The van der Waals surface area contributed by atoms with Crippen molar-refractivity contribution in [1.29, 1.82) is 0 Å². The molecule has 0 unspecified atom stereocenters. The van der Waals surface area contributed by atoms with E-state index in [9.17, 15) is 22.0 Å². The van der Waals surface area contributed by atoms with Gasteiger partial charge in [-0.15, -0.1) is 0 Å². The van der Waals surface area contributed by atoms with Crippen LogP contribution in [0.25, 0.3) is 10.2 Å². The summed E-state index contributed by atoms with van der Waals surface area (Å²) in [5.41, 5.74) is 1.81. The summed E-state index contributed by atoms with van der Waals surface area (Å²) in [4.78, 5) is 14.8. The van der Waals surface area contributed by atoms with E-state index in [1.807, 2.05) is 12.1 Å². The number of rotatable bonds is 4. The number of benzene rings is 1. The summed E-state index contributed by atoms with van der Waals surface area (Å²) in [6, 6.07) is 8.16. The molecule has 35 heavy (non-hydrogen) atoms. The van der Waals surface area contributed by atoms with Gasteiger partial charge in [0.15, 0.2) is 10.2 Å². The maximum Gasteiger partial charge on any atom is 1.00 e. The monoisotopic (exact) mass is 513 g/mol. The fourth-order valence-corrected chi connectivity index (χ4v) is 5.19. The van der Waals surface area contributed by atoms with Crippen molar-refractivity contribution < 1.29 is 51.6 Å². The molecule has 2 aliphatic heterocycles. The second-order valence-corrected chi connectivity index (χ2v) is 9.83. The predicted octanol–water partition coefficient (Wildman–Crippen LogP) is 1.15. The number of piperidine rings is 1. The van der Waals surface area contributed by atoms with Crippen LogP contribution in [0.5, 0.6) is 0 Å². The molecule has 0 bridgehead atoms. The summed E-state index contributed by atoms with van der Waals surface area (Å²) < 4.78 is 55.1. The van der Waals surface area contributed by atoms with Crippen LogP contribution in [0.1, 0.15) is 42.5 Å². The molecule has 0 N–H and O–H groups in total. The SMILES string of the molecule is Fc1ccc(F)cc1.O=C([N-]S(=O)(=O)N1CCCCC1)c1cnn2ccc(N3CCCC3)cc12.[Na+]. The zero-order chi connectivity index (χ0) is 24.1. The van der Waals surface area contributed by atoms with E-state index in [-0.39, 0.29) is 35.1 Å². The van der Waals surface area contributed by atoms with Crippen LogP contribution in [-0.2, 0) is 10.2 Å². The van der Waals surface area contributed by atoms with Crippen molar-refractivity contribution in [3.63, 3.8) is 0 Å². The first-order chi connectivity index (χ1) is 16.3. The Morgan fingerprint density at radius 3 is 2.06 bits per heavy atom. The van der Waals surface area contributed by atoms with Crippen LogP contribution in [-0.4, -0.2) is 54.4 Å². The molecule has 4 heterocycles. The van der Waals surface area contributed by atoms with Gasteiger partial charge in [0.2, 0.25) is 0 Å². The van der Waals surface area contributed by atoms with Crippen molar-refractivity contribution in [2.45, 2.75) is 32.1 Å². The van der Waals surface area contributed by atoms with Gasteiger partial charge in [0.05, 0.1) is 17.6 Å². The number of nitrogens with zero attached hydrogens (tertiary/aromatic N) is 5. The zero-order valence-electron chi connectivity index (χ0n) is 19.6. The minimum atomic E-state index is -3.94. The fraction of sp³-hybridized carbons (Fsp3) is 0.391. The number of aromatic nitrogens is 2. The van der Waals surface area contributed by atoms with Gasteiger partial charge in [0.1, 0.15) is 11.6 Å². The number of hydrogen-bond donors (Lipinski definition) is 0. The average molecular weight is 514 g/mol. The predicted molar refractivity (Wildman–Crippen MR) is 125 cm³/mol. The second kappa shape index (κ2) is 12.3. The normalized spacial score (nSPS) is 16.3. The third-order valence-electron chi connectivity index (χ3n) is 5.85. The molecule has 0 saturated carbocycles. The Balaban J connectivity index is 0.000000325. The smallest absolute Gasteiger partial charge is 0.528 e. The van der Waals surface area contributed by atoms with Gasteiger partial charge < -0.3 is 14.4 Å². The van der Waals surface area contributed by atoms with Crippen molar-refractivity contribution in [2.24, 2.45) is 0 Å². The molecule has 12 heteroatoms. The van der Waals surface area contributed by atoms with Crippen LogP contribution in [0.4, 0.5) is 14.5 Å². The Labute approximate surface area is 225 Å². The van der Waals surface area contributed by atoms with Crippen molar-refractivity contribution in [1.82, 2.24) is 13.9 Å². The van der Waals surface area contributed by atoms with E-state index in [0.717, 1.165) is 75.1 Å². The van der Waals surface area contributed by atoms with Crippen LogP contribution < -0.4 is 34.5 Å². The van der Waals surface area contributed by atoms with Gasteiger partial charge in [-0.3, -0.25) is 0 Å². The quantitative estimate of drug-likeness (QED) is 0.489. The minimum absolute atomic E-state index is 0. The van der Waals surface area contributed by atoms with E-state index in [4.69, 9.17) is 0 Å². The van der Waals surface area contributed by atoms with Crippen LogP contribution in [0.15, 0.2) is 48.8 Å². The Kier molecular flexibility index (Phi) is 9.65. The van der Waals surface area contributed by atoms with Gasteiger partial charge in [0, 0.05) is 43.6 Å². The molecule has 0 atom stereocenters. The molecule has 2 saturated heterocycles. The molecule has 2 fully saturated rings. The Morgan fingerprint density at radius 1 is 0.886 bits per heavy atom. The molecule has 2 aromatic heterocycles. The van der Waals surface area contributed by atoms with Crippen molar-refractivity contribution in [3.05, 3.63) is 70.7 Å². The second-order valence-electron chi connectivity index (χ2n) is 8.24. The van der Waals surface area contributed by atoms with E-state index in [2.05, 4.69) is 14.7 Å². The molecule has 0 spiro atoms. The van der Waals surface area contributed by atoms with Gasteiger partial charge in [-0.1, -0.05) is 6.42 Å². The van der Waals surface area contributed by atoms with Gasteiger partial charge in [0.25, 0.3) is 0 Å². The molecule has 2 aliphatic rings. The standard InChI is InChI=1S/C17H23N5O3S.C6H4F2.Na/c23-17(19-26(24,25)21-9-2-1-3-10-21)15-13-18-22-11-6-14(12-16(15)22)20-7-4-5-8-20;7-5-1-2-6(8)4-3-5;/h6,11-13H,1-5,7-10H2,(H,19,23);1-4H;/q;;+1/p-1. The summed E-state index contributed by atoms with van der Waals surface area (Å²) in [5.74, 6) is -1.58. The summed E-state index contributed by atoms with van der Waals surface area (Å²) in [7, 11) is -3.94. The number of fused-ring (bicyclic) bond motifs is 1. The number of carbonyl (C=O) groups excluding carboxylic acids is 1. The molecule has 3 aromatic rings. The van der Waals surface area contributed by atoms with Gasteiger partial charge in [-0.25, -0.2) is 26.0 Å². The molecule has 8 nitrogen and oxygen atoms in total. The van der Waals surface area contributed by atoms with E-state index in [0.29, 0.717) is 18.6 Å². The number of carbonyl (C=O) groups is 1. The maximum absolute atomic E-state index is 12.6. The molecule has 1 amide bonds. The first kappa shape index (κ1) is 27.5. The summed E-state index contributed by atoms with van der Waals surface area (Å²) >= 11 is 0. The van der Waals surface area contributed by atoms with Crippen molar-refractivity contribution >= 4 is 27.3 Å². The maximum atomic E-state index is 12.6. The fourth-order valence-electron chi connectivity index (χ4n) is 4.04. The average Bonchev–Trinajstić information content (AvgIpc) is 3.51. The molecule has 182 valence electrons. The number of pyridine rings is 1. The number of amides is 1. The summed E-state index contributed by atoms with van der Waals surface area (Å²) in [6.07, 6.45) is 8.10. The van der Waals surface area contributed by atoms with Crippen LogP contribution in [0.3, 0.4) is 0 Å². The van der Waals surface area contributed by atoms with E-state index in [1.165, 1.54) is 10.5 Å². The van der Waals surface area contributed by atoms with Crippen LogP contribution in [0.2, 0.25) is 0 Å². The van der Waals surface area contributed by atoms with Gasteiger partial charge >= 0.3 is 29.6 Å². The number of halogens is 2. The van der Waals surface area contributed by atoms with E-state index >= 15 is 0 Å². The van der Waals surface area contributed by atoms with Crippen molar-refractivity contribution in [3.8, 4) is 0 Å². The van der Waals surface area contributed by atoms with Crippen LogP contribution in [0, 0.1) is 11.6 Å². The number of anilines is 1.